The van der Waals surface area contributed by atoms with E-state index in [2.05, 4.69) is 26.4 Å². The standard InChI is InChI=1S/C20H20N4O6/c1-12(19(25)27-2)28-20(26)24-7-4-13(5-8-24)9-17-22-18(30-23-17)16-10-14-11-21-6-3-15(14)29-16/h3,6,10-11,13H,1,4-5,7-9H2,2H3. The lowest BCUT2D eigenvalue weighted by atomic mass is 9.93. The molecule has 10 heteroatoms. The number of piperidine rings is 1. The Morgan fingerprint density at radius 3 is 2.87 bits per heavy atom. The van der Waals surface area contributed by atoms with E-state index >= 15 is 0 Å². The van der Waals surface area contributed by atoms with Crippen molar-refractivity contribution in [2.24, 2.45) is 5.92 Å². The van der Waals surface area contributed by atoms with Gasteiger partial charge in [-0.05, 0) is 37.5 Å². The third-order valence-electron chi connectivity index (χ3n) is 4.96. The Hall–Kier alpha value is -3.69. The van der Waals surface area contributed by atoms with Crippen molar-refractivity contribution >= 4 is 23.0 Å². The molecule has 4 heterocycles. The SMILES string of the molecule is C=C(OC(=O)N1CCC(Cc2noc(-c3cc4cnccc4o3)n2)CC1)C(=O)OC. The Balaban J connectivity index is 1.31. The number of aromatic nitrogens is 3. The minimum Gasteiger partial charge on any atom is -0.463 e. The van der Waals surface area contributed by atoms with E-state index in [1.807, 2.05) is 6.07 Å². The average Bonchev–Trinajstić information content (AvgIpc) is 3.40. The maximum Gasteiger partial charge on any atom is 0.415 e. The summed E-state index contributed by atoms with van der Waals surface area (Å²) in [5, 5.41) is 4.91. The molecule has 0 aliphatic carbocycles. The molecule has 0 saturated carbocycles. The van der Waals surface area contributed by atoms with Gasteiger partial charge in [0.2, 0.25) is 5.76 Å². The lowest BCUT2D eigenvalue weighted by Crippen LogP contribution is -2.39. The molecule has 30 heavy (non-hydrogen) atoms. The van der Waals surface area contributed by atoms with Crippen LogP contribution in [-0.2, 0) is 20.7 Å². The number of likely N-dealkylation sites (tertiary alicyclic amines) is 1. The molecule has 3 aromatic rings. The van der Waals surface area contributed by atoms with Crippen molar-refractivity contribution in [2.45, 2.75) is 19.3 Å². The molecular weight excluding hydrogens is 392 g/mol. The van der Waals surface area contributed by atoms with E-state index in [4.69, 9.17) is 13.7 Å². The summed E-state index contributed by atoms with van der Waals surface area (Å²) >= 11 is 0. The van der Waals surface area contributed by atoms with Crippen molar-refractivity contribution in [2.75, 3.05) is 20.2 Å². The van der Waals surface area contributed by atoms with Gasteiger partial charge in [0, 0.05) is 37.3 Å². The molecule has 0 bridgehead atoms. The van der Waals surface area contributed by atoms with Crippen LogP contribution in [0.25, 0.3) is 22.6 Å². The number of ether oxygens (including phenoxy) is 2. The second kappa shape index (κ2) is 8.36. The summed E-state index contributed by atoms with van der Waals surface area (Å²) in [5.41, 5.74) is 0.703. The van der Waals surface area contributed by atoms with E-state index in [1.165, 1.54) is 12.0 Å². The largest absolute Gasteiger partial charge is 0.463 e. The van der Waals surface area contributed by atoms with Crippen LogP contribution in [0, 0.1) is 5.92 Å². The number of rotatable bonds is 5. The van der Waals surface area contributed by atoms with Gasteiger partial charge in [0.25, 0.3) is 5.89 Å². The molecule has 0 radical (unpaired) electrons. The highest BCUT2D eigenvalue weighted by atomic mass is 16.6. The second-order valence-electron chi connectivity index (χ2n) is 6.96. The van der Waals surface area contributed by atoms with Gasteiger partial charge in [0.05, 0.1) is 7.11 Å². The number of esters is 1. The van der Waals surface area contributed by atoms with Crippen molar-refractivity contribution in [3.8, 4) is 11.7 Å². The number of carbonyl (C=O) groups excluding carboxylic acids is 2. The lowest BCUT2D eigenvalue weighted by Gasteiger charge is -2.30. The van der Waals surface area contributed by atoms with Gasteiger partial charge in [-0.1, -0.05) is 5.16 Å². The number of amides is 1. The fraction of sp³-hybridized carbons (Fsp3) is 0.350. The van der Waals surface area contributed by atoms with E-state index in [9.17, 15) is 9.59 Å². The first-order chi connectivity index (χ1) is 14.5. The molecule has 1 fully saturated rings. The van der Waals surface area contributed by atoms with Crippen LogP contribution in [0.15, 0.2) is 45.8 Å². The zero-order valence-electron chi connectivity index (χ0n) is 16.4. The molecule has 0 aromatic carbocycles. The number of hydrogen-bond acceptors (Lipinski definition) is 9. The van der Waals surface area contributed by atoms with Crippen LogP contribution in [0.5, 0.6) is 0 Å². The first kappa shape index (κ1) is 19.6. The van der Waals surface area contributed by atoms with E-state index in [0.29, 0.717) is 48.5 Å². The van der Waals surface area contributed by atoms with E-state index in [-0.39, 0.29) is 5.76 Å². The van der Waals surface area contributed by atoms with Crippen molar-refractivity contribution in [3.05, 3.63) is 42.7 Å². The van der Waals surface area contributed by atoms with Crippen molar-refractivity contribution in [1.29, 1.82) is 0 Å². The number of carbonyl (C=O) groups is 2. The van der Waals surface area contributed by atoms with Crippen LogP contribution in [0.4, 0.5) is 4.79 Å². The van der Waals surface area contributed by atoms with E-state index < -0.39 is 12.1 Å². The molecule has 10 nitrogen and oxygen atoms in total. The fourth-order valence-corrected chi connectivity index (χ4v) is 3.33. The van der Waals surface area contributed by atoms with Crippen LogP contribution < -0.4 is 0 Å². The molecule has 1 aliphatic heterocycles. The van der Waals surface area contributed by atoms with Crippen LogP contribution in [-0.4, -0.2) is 52.3 Å². The van der Waals surface area contributed by atoms with Gasteiger partial charge < -0.3 is 23.3 Å². The average molecular weight is 412 g/mol. The Labute approximate surface area is 171 Å². The molecule has 1 aliphatic rings. The number of nitrogens with zero attached hydrogens (tertiary/aromatic N) is 4. The maximum atomic E-state index is 12.1. The predicted molar refractivity (Wildman–Crippen MR) is 103 cm³/mol. The van der Waals surface area contributed by atoms with Gasteiger partial charge in [-0.15, -0.1) is 0 Å². The molecule has 4 rings (SSSR count). The summed E-state index contributed by atoms with van der Waals surface area (Å²) in [5.74, 6) is 0.604. The Morgan fingerprint density at radius 2 is 2.13 bits per heavy atom. The van der Waals surface area contributed by atoms with Gasteiger partial charge in [0.1, 0.15) is 5.58 Å². The third-order valence-corrected chi connectivity index (χ3v) is 4.96. The molecule has 1 saturated heterocycles. The Morgan fingerprint density at radius 1 is 1.33 bits per heavy atom. The highest BCUT2D eigenvalue weighted by molar-refractivity contribution is 5.88. The lowest BCUT2D eigenvalue weighted by molar-refractivity contribution is -0.139. The number of methoxy groups -OCH3 is 1. The van der Waals surface area contributed by atoms with Crippen molar-refractivity contribution in [1.82, 2.24) is 20.0 Å². The molecule has 156 valence electrons. The second-order valence-corrected chi connectivity index (χ2v) is 6.96. The zero-order chi connectivity index (χ0) is 21.1. The highest BCUT2D eigenvalue weighted by Gasteiger charge is 2.27. The topological polar surface area (TPSA) is 121 Å². The molecule has 0 unspecified atom stereocenters. The summed E-state index contributed by atoms with van der Waals surface area (Å²) in [4.78, 5) is 33.4. The molecular formula is C20H20N4O6. The minimum atomic E-state index is -0.771. The van der Waals surface area contributed by atoms with Gasteiger partial charge in [0.15, 0.2) is 11.6 Å². The summed E-state index contributed by atoms with van der Waals surface area (Å²) in [6, 6.07) is 3.58. The Kier molecular flexibility index (Phi) is 5.46. The van der Waals surface area contributed by atoms with Gasteiger partial charge in [-0.3, -0.25) is 4.98 Å². The fourth-order valence-electron chi connectivity index (χ4n) is 3.33. The van der Waals surface area contributed by atoms with Crippen molar-refractivity contribution < 1.29 is 28.0 Å². The van der Waals surface area contributed by atoms with E-state index in [1.54, 1.807) is 18.5 Å². The summed E-state index contributed by atoms with van der Waals surface area (Å²) in [6.07, 6.45) is 4.88. The predicted octanol–water partition coefficient (Wildman–Crippen LogP) is 2.96. The first-order valence-electron chi connectivity index (χ1n) is 9.44. The normalized spacial score (nSPS) is 14.6. The van der Waals surface area contributed by atoms with Crippen LogP contribution in [0.2, 0.25) is 0 Å². The first-order valence-corrected chi connectivity index (χ1v) is 9.44. The molecule has 1 amide bonds. The highest BCUT2D eigenvalue weighted by Crippen LogP contribution is 2.27. The van der Waals surface area contributed by atoms with Gasteiger partial charge in [-0.25, -0.2) is 9.59 Å². The zero-order valence-corrected chi connectivity index (χ0v) is 16.4. The molecule has 0 atom stereocenters. The monoisotopic (exact) mass is 412 g/mol. The summed E-state index contributed by atoms with van der Waals surface area (Å²) in [6.45, 7) is 4.39. The molecule has 3 aromatic heterocycles. The molecule has 0 N–H and O–H groups in total. The number of pyridine rings is 1. The van der Waals surface area contributed by atoms with Gasteiger partial charge in [-0.2, -0.15) is 4.98 Å². The maximum absolute atomic E-state index is 12.1. The Bertz CT molecular complexity index is 1050. The van der Waals surface area contributed by atoms with Crippen LogP contribution in [0.1, 0.15) is 18.7 Å². The van der Waals surface area contributed by atoms with Crippen LogP contribution >= 0.6 is 0 Å². The minimum absolute atomic E-state index is 0.295. The van der Waals surface area contributed by atoms with Crippen LogP contribution in [0.3, 0.4) is 0 Å². The van der Waals surface area contributed by atoms with E-state index in [0.717, 1.165) is 18.2 Å². The number of fused-ring (bicyclic) bond motifs is 1. The number of furan rings is 1. The smallest absolute Gasteiger partial charge is 0.415 e. The third kappa shape index (κ3) is 4.17. The summed E-state index contributed by atoms with van der Waals surface area (Å²) < 4.78 is 20.5. The molecule has 0 spiro atoms. The summed E-state index contributed by atoms with van der Waals surface area (Å²) in [7, 11) is 1.20. The number of hydrogen-bond donors (Lipinski definition) is 0. The van der Waals surface area contributed by atoms with Gasteiger partial charge >= 0.3 is 12.1 Å². The quantitative estimate of drug-likeness (QED) is 0.354. The van der Waals surface area contributed by atoms with Crippen molar-refractivity contribution in [3.63, 3.8) is 0 Å².